The lowest BCUT2D eigenvalue weighted by Crippen LogP contribution is -2.10. The molecule has 0 amide bonds. The molecule has 2 aromatic rings. The molecule has 0 fully saturated rings. The van der Waals surface area contributed by atoms with E-state index >= 15 is 0 Å². The van der Waals surface area contributed by atoms with E-state index in [1.807, 2.05) is 6.07 Å². The fourth-order valence-electron chi connectivity index (χ4n) is 1.66. The molecule has 0 aliphatic carbocycles. The molecule has 0 bridgehead atoms. The van der Waals surface area contributed by atoms with Crippen molar-refractivity contribution in [2.75, 3.05) is 0 Å². The number of hydrogen-bond donors (Lipinski definition) is 0. The maximum Gasteiger partial charge on any atom is 0.389 e. The van der Waals surface area contributed by atoms with Crippen LogP contribution in [0.5, 0.6) is 0 Å². The van der Waals surface area contributed by atoms with Crippen molar-refractivity contribution in [1.82, 2.24) is 9.97 Å². The fourth-order valence-corrected chi connectivity index (χ4v) is 2.30. The van der Waals surface area contributed by atoms with Gasteiger partial charge in [0.25, 0.3) is 0 Å². The van der Waals surface area contributed by atoms with Gasteiger partial charge < -0.3 is 0 Å². The first-order valence-corrected chi connectivity index (χ1v) is 6.46. The van der Waals surface area contributed by atoms with E-state index in [4.69, 9.17) is 23.2 Å². The van der Waals surface area contributed by atoms with Gasteiger partial charge in [-0.1, -0.05) is 53.5 Å². The predicted molar refractivity (Wildman–Crippen MR) is 71.9 cm³/mol. The molecule has 2 nitrogen and oxygen atoms in total. The molecule has 1 aromatic carbocycles. The van der Waals surface area contributed by atoms with Gasteiger partial charge in [-0.2, -0.15) is 13.2 Å². The van der Waals surface area contributed by atoms with E-state index in [-0.39, 0.29) is 22.6 Å². The largest absolute Gasteiger partial charge is 0.389 e. The molecule has 0 unspecified atom stereocenters. The van der Waals surface area contributed by atoms with Crippen LogP contribution in [0.25, 0.3) is 11.1 Å². The van der Waals surface area contributed by atoms with Crippen molar-refractivity contribution in [3.05, 3.63) is 46.5 Å². The summed E-state index contributed by atoms with van der Waals surface area (Å²) in [5.41, 5.74) is 1.13. The van der Waals surface area contributed by atoms with Crippen molar-refractivity contribution >= 4 is 23.2 Å². The quantitative estimate of drug-likeness (QED) is 0.748. The van der Waals surface area contributed by atoms with Gasteiger partial charge in [-0.05, 0) is 5.56 Å². The second-order valence-electron chi connectivity index (χ2n) is 4.08. The first kappa shape index (κ1) is 15.1. The molecule has 0 aliphatic heterocycles. The lowest BCUT2D eigenvalue weighted by atomic mass is 10.1. The smallest absolute Gasteiger partial charge is 0.220 e. The number of aromatic nitrogens is 2. The summed E-state index contributed by atoms with van der Waals surface area (Å²) in [7, 11) is 0. The highest BCUT2D eigenvalue weighted by Crippen LogP contribution is 2.32. The zero-order chi connectivity index (χ0) is 14.8. The minimum absolute atomic E-state index is 0.0167. The van der Waals surface area contributed by atoms with Gasteiger partial charge in [0.2, 0.25) is 0 Å². The zero-order valence-electron chi connectivity index (χ0n) is 10.1. The summed E-state index contributed by atoms with van der Waals surface area (Å²) >= 11 is 12.0. The van der Waals surface area contributed by atoms with Crippen LogP contribution in [-0.2, 0) is 6.42 Å². The van der Waals surface area contributed by atoms with Gasteiger partial charge in [-0.3, -0.25) is 0 Å². The molecule has 0 spiro atoms. The summed E-state index contributed by atoms with van der Waals surface area (Å²) in [5.74, 6) is -0.0167. The highest BCUT2D eigenvalue weighted by atomic mass is 35.5. The number of hydrogen-bond acceptors (Lipinski definition) is 2. The van der Waals surface area contributed by atoms with E-state index in [2.05, 4.69) is 9.97 Å². The average molecular weight is 321 g/mol. The van der Waals surface area contributed by atoms with Crippen LogP contribution < -0.4 is 0 Å². The molecule has 7 heteroatoms. The van der Waals surface area contributed by atoms with Crippen molar-refractivity contribution < 1.29 is 13.2 Å². The van der Waals surface area contributed by atoms with Gasteiger partial charge in [-0.15, -0.1) is 0 Å². The average Bonchev–Trinajstić information content (AvgIpc) is 2.36. The number of halogens is 5. The SMILES string of the molecule is FC(F)(F)CCc1nc(Cl)c(-c2ccccc2)c(Cl)n1. The Labute approximate surface area is 123 Å². The van der Waals surface area contributed by atoms with Gasteiger partial charge in [0.15, 0.2) is 0 Å². The van der Waals surface area contributed by atoms with E-state index in [0.717, 1.165) is 0 Å². The van der Waals surface area contributed by atoms with Crippen molar-refractivity contribution in [2.24, 2.45) is 0 Å². The molecule has 2 rings (SSSR count). The third kappa shape index (κ3) is 3.84. The molecule has 1 heterocycles. The van der Waals surface area contributed by atoms with Crippen molar-refractivity contribution in [2.45, 2.75) is 19.0 Å². The van der Waals surface area contributed by atoms with Crippen LogP contribution in [0.1, 0.15) is 12.2 Å². The Balaban J connectivity index is 2.30. The third-order valence-electron chi connectivity index (χ3n) is 2.56. The lowest BCUT2D eigenvalue weighted by molar-refractivity contribution is -0.134. The predicted octanol–water partition coefficient (Wildman–Crippen LogP) is 4.95. The normalized spacial score (nSPS) is 11.7. The lowest BCUT2D eigenvalue weighted by Gasteiger charge is -2.09. The van der Waals surface area contributed by atoms with Crippen LogP contribution in [0, 0.1) is 0 Å². The molecule has 20 heavy (non-hydrogen) atoms. The molecule has 0 aliphatic rings. The van der Waals surface area contributed by atoms with Crippen molar-refractivity contribution in [1.29, 1.82) is 0 Å². The summed E-state index contributed by atoms with van der Waals surface area (Å²) in [6.45, 7) is 0. The Morgan fingerprint density at radius 3 is 2.00 bits per heavy atom. The first-order valence-electron chi connectivity index (χ1n) is 5.71. The van der Waals surface area contributed by atoms with Gasteiger partial charge in [-0.25, -0.2) is 9.97 Å². The van der Waals surface area contributed by atoms with Crippen LogP contribution in [0.4, 0.5) is 13.2 Å². The minimum atomic E-state index is -4.26. The Hall–Kier alpha value is -1.33. The van der Waals surface area contributed by atoms with E-state index < -0.39 is 12.6 Å². The molecule has 106 valence electrons. The summed E-state index contributed by atoms with van der Waals surface area (Å²) < 4.78 is 36.5. The molecular weight excluding hydrogens is 312 g/mol. The number of aryl methyl sites for hydroxylation is 1. The first-order chi connectivity index (χ1) is 9.37. The van der Waals surface area contributed by atoms with Crippen LogP contribution in [-0.4, -0.2) is 16.1 Å². The van der Waals surface area contributed by atoms with Gasteiger partial charge >= 0.3 is 6.18 Å². The summed E-state index contributed by atoms with van der Waals surface area (Å²) in [6, 6.07) is 8.95. The Morgan fingerprint density at radius 1 is 0.950 bits per heavy atom. The number of alkyl halides is 3. The second-order valence-corrected chi connectivity index (χ2v) is 4.79. The molecule has 0 saturated heterocycles. The zero-order valence-corrected chi connectivity index (χ0v) is 11.6. The highest BCUT2D eigenvalue weighted by molar-refractivity contribution is 6.37. The van der Waals surface area contributed by atoms with Crippen LogP contribution in [0.15, 0.2) is 30.3 Å². The van der Waals surface area contributed by atoms with Crippen LogP contribution in [0.3, 0.4) is 0 Å². The molecular formula is C13H9Cl2F3N2. The maximum atomic E-state index is 12.2. The Bertz CT molecular complexity index is 577. The Morgan fingerprint density at radius 2 is 1.50 bits per heavy atom. The summed E-state index contributed by atoms with van der Waals surface area (Å²) in [5, 5.41) is 0.0988. The van der Waals surface area contributed by atoms with Gasteiger partial charge in [0, 0.05) is 6.42 Å². The Kier molecular flexibility index (Phi) is 4.50. The molecule has 1 aromatic heterocycles. The maximum absolute atomic E-state index is 12.2. The van der Waals surface area contributed by atoms with E-state index in [1.54, 1.807) is 24.3 Å². The van der Waals surface area contributed by atoms with E-state index in [1.165, 1.54) is 0 Å². The summed E-state index contributed by atoms with van der Waals surface area (Å²) in [4.78, 5) is 7.77. The van der Waals surface area contributed by atoms with E-state index in [9.17, 15) is 13.2 Å². The number of nitrogens with zero attached hydrogens (tertiary/aromatic N) is 2. The van der Waals surface area contributed by atoms with Crippen molar-refractivity contribution in [3.8, 4) is 11.1 Å². The fraction of sp³-hybridized carbons (Fsp3) is 0.231. The third-order valence-corrected chi connectivity index (χ3v) is 3.11. The highest BCUT2D eigenvalue weighted by Gasteiger charge is 2.27. The monoisotopic (exact) mass is 320 g/mol. The molecule has 0 radical (unpaired) electrons. The van der Waals surface area contributed by atoms with Gasteiger partial charge in [0.05, 0.1) is 12.0 Å². The molecule has 0 saturated carbocycles. The number of benzene rings is 1. The molecule has 0 N–H and O–H groups in total. The molecule has 0 atom stereocenters. The summed E-state index contributed by atoms with van der Waals surface area (Å²) in [6.07, 6.45) is -5.62. The van der Waals surface area contributed by atoms with Gasteiger partial charge in [0.1, 0.15) is 16.1 Å². The minimum Gasteiger partial charge on any atom is -0.220 e. The van der Waals surface area contributed by atoms with Crippen molar-refractivity contribution in [3.63, 3.8) is 0 Å². The number of rotatable bonds is 3. The standard InChI is InChI=1S/C13H9Cl2F3N2/c14-11-10(8-4-2-1-3-5-8)12(15)20-9(19-11)6-7-13(16,17)18/h1-5H,6-7H2. The van der Waals surface area contributed by atoms with Crippen LogP contribution >= 0.6 is 23.2 Å². The van der Waals surface area contributed by atoms with Crippen LogP contribution in [0.2, 0.25) is 10.3 Å². The topological polar surface area (TPSA) is 25.8 Å². The second kappa shape index (κ2) is 5.97. The van der Waals surface area contributed by atoms with E-state index in [0.29, 0.717) is 11.1 Å².